The van der Waals surface area contributed by atoms with Crippen LogP contribution in [0.15, 0.2) is 78.9 Å². The zero-order valence-electron chi connectivity index (χ0n) is 16.8. The fourth-order valence-electron chi connectivity index (χ4n) is 2.85. The molecular weight excluding hydrogens is 380 g/mol. The summed E-state index contributed by atoms with van der Waals surface area (Å²) in [5.74, 6) is 0.440. The number of benzene rings is 3. The molecule has 0 aliphatic heterocycles. The molecule has 3 rings (SSSR count). The molecule has 2 N–H and O–H groups in total. The molecule has 0 heterocycles. The van der Waals surface area contributed by atoms with E-state index in [1.807, 2.05) is 61.5 Å². The molecule has 0 bridgehead atoms. The molecule has 0 unspecified atom stereocenters. The summed E-state index contributed by atoms with van der Waals surface area (Å²) in [4.78, 5) is 24.2. The fraction of sp³-hybridized carbons (Fsp3) is 0.167. The lowest BCUT2D eigenvalue weighted by molar-refractivity contribution is -0.123. The van der Waals surface area contributed by atoms with Crippen molar-refractivity contribution in [3.8, 4) is 11.5 Å². The van der Waals surface area contributed by atoms with Crippen molar-refractivity contribution < 1.29 is 19.1 Å². The van der Waals surface area contributed by atoms with E-state index in [0.717, 1.165) is 11.1 Å². The van der Waals surface area contributed by atoms with Gasteiger partial charge in [-0.1, -0.05) is 48.5 Å². The quantitative estimate of drug-likeness (QED) is 0.563. The Morgan fingerprint density at radius 3 is 2.23 bits per heavy atom. The Kier molecular flexibility index (Phi) is 7.44. The van der Waals surface area contributed by atoms with Gasteiger partial charge in [-0.25, -0.2) is 0 Å². The summed E-state index contributed by atoms with van der Waals surface area (Å²) in [6, 6.07) is 24.3. The van der Waals surface area contributed by atoms with Crippen LogP contribution in [-0.4, -0.2) is 25.0 Å². The molecule has 0 aliphatic rings. The Morgan fingerprint density at radius 2 is 1.50 bits per heavy atom. The van der Waals surface area contributed by atoms with Crippen LogP contribution in [0.1, 0.15) is 28.4 Å². The molecule has 3 aromatic carbocycles. The monoisotopic (exact) mass is 404 g/mol. The molecule has 0 atom stereocenters. The van der Waals surface area contributed by atoms with E-state index in [9.17, 15) is 9.59 Å². The van der Waals surface area contributed by atoms with Gasteiger partial charge in [0.15, 0.2) is 6.61 Å². The average Bonchev–Trinajstić information content (AvgIpc) is 2.78. The van der Waals surface area contributed by atoms with Crippen molar-refractivity contribution in [1.29, 1.82) is 0 Å². The molecule has 0 spiro atoms. The third kappa shape index (κ3) is 6.10. The van der Waals surface area contributed by atoms with Crippen molar-refractivity contribution in [3.63, 3.8) is 0 Å². The third-order valence-corrected chi connectivity index (χ3v) is 4.31. The molecule has 0 saturated carbocycles. The van der Waals surface area contributed by atoms with Crippen molar-refractivity contribution in [2.24, 2.45) is 0 Å². The molecule has 3 aromatic rings. The molecule has 0 saturated heterocycles. The molecule has 0 aliphatic carbocycles. The van der Waals surface area contributed by atoms with Crippen molar-refractivity contribution in [2.45, 2.75) is 13.3 Å². The first kappa shape index (κ1) is 20.9. The Balaban J connectivity index is 1.49. The van der Waals surface area contributed by atoms with E-state index >= 15 is 0 Å². The minimum Gasteiger partial charge on any atom is -0.494 e. The Hall–Kier alpha value is -3.80. The van der Waals surface area contributed by atoms with E-state index in [1.165, 1.54) is 0 Å². The number of carbonyl (C=O) groups is 2. The summed E-state index contributed by atoms with van der Waals surface area (Å²) in [5, 5.41) is 0. The Labute approximate surface area is 175 Å². The minimum absolute atomic E-state index is 0.213. The van der Waals surface area contributed by atoms with Crippen LogP contribution in [0.3, 0.4) is 0 Å². The highest BCUT2D eigenvalue weighted by Crippen LogP contribution is 2.21. The fourth-order valence-corrected chi connectivity index (χ4v) is 2.85. The molecule has 154 valence electrons. The van der Waals surface area contributed by atoms with Crippen molar-refractivity contribution in [3.05, 3.63) is 95.6 Å². The lowest BCUT2D eigenvalue weighted by atomic mass is 10.0. The van der Waals surface area contributed by atoms with Crippen LogP contribution in [0.4, 0.5) is 0 Å². The summed E-state index contributed by atoms with van der Waals surface area (Å²) in [7, 11) is 0. The van der Waals surface area contributed by atoms with Crippen LogP contribution in [0.25, 0.3) is 0 Å². The number of hydrogen-bond donors (Lipinski definition) is 2. The van der Waals surface area contributed by atoms with Gasteiger partial charge in [0.05, 0.1) is 6.61 Å². The number of para-hydroxylation sites is 1. The van der Waals surface area contributed by atoms with E-state index in [2.05, 4.69) is 10.9 Å². The van der Waals surface area contributed by atoms with Gasteiger partial charge in [-0.3, -0.25) is 20.4 Å². The standard InChI is InChI=1S/C24H24N2O4/c1-2-29-21-14-12-19(13-15-21)24(28)26-25-23(27)17-30-22-11-7-6-10-20(22)16-18-8-4-3-5-9-18/h3-15H,2,16-17H2,1H3,(H,25,27)(H,26,28). The van der Waals surface area contributed by atoms with Gasteiger partial charge < -0.3 is 9.47 Å². The first-order chi connectivity index (χ1) is 14.7. The summed E-state index contributed by atoms with van der Waals surface area (Å²) in [6.07, 6.45) is 0.701. The van der Waals surface area contributed by atoms with E-state index in [-0.39, 0.29) is 6.61 Å². The number of hydrogen-bond acceptors (Lipinski definition) is 4. The highest BCUT2D eigenvalue weighted by molar-refractivity contribution is 5.95. The Bertz CT molecular complexity index is 972. The molecule has 0 fully saturated rings. The van der Waals surface area contributed by atoms with Gasteiger partial charge in [-0.2, -0.15) is 0 Å². The second-order valence-electron chi connectivity index (χ2n) is 6.52. The third-order valence-electron chi connectivity index (χ3n) is 4.31. The molecule has 6 nitrogen and oxygen atoms in total. The largest absolute Gasteiger partial charge is 0.494 e. The van der Waals surface area contributed by atoms with Crippen molar-refractivity contribution in [2.75, 3.05) is 13.2 Å². The number of hydrazine groups is 1. The van der Waals surface area contributed by atoms with E-state index < -0.39 is 11.8 Å². The average molecular weight is 404 g/mol. The van der Waals surface area contributed by atoms with Crippen LogP contribution in [0.5, 0.6) is 11.5 Å². The van der Waals surface area contributed by atoms with Gasteiger partial charge in [-0.05, 0) is 48.4 Å². The SMILES string of the molecule is CCOc1ccc(C(=O)NNC(=O)COc2ccccc2Cc2ccccc2)cc1. The molecule has 0 aromatic heterocycles. The first-order valence-corrected chi connectivity index (χ1v) is 9.72. The van der Waals surface area contributed by atoms with Gasteiger partial charge in [0.25, 0.3) is 11.8 Å². The number of nitrogens with one attached hydrogen (secondary N) is 2. The Morgan fingerprint density at radius 1 is 0.800 bits per heavy atom. The second-order valence-corrected chi connectivity index (χ2v) is 6.52. The summed E-state index contributed by atoms with van der Waals surface area (Å²) < 4.78 is 11.0. The zero-order valence-corrected chi connectivity index (χ0v) is 16.8. The number of rotatable bonds is 8. The summed E-state index contributed by atoms with van der Waals surface area (Å²) in [6.45, 7) is 2.23. The van der Waals surface area contributed by atoms with E-state index in [4.69, 9.17) is 9.47 Å². The predicted octanol–water partition coefficient (Wildman–Crippen LogP) is 3.52. The molecular formula is C24H24N2O4. The molecule has 0 radical (unpaired) electrons. The van der Waals surface area contributed by atoms with Gasteiger partial charge in [0.1, 0.15) is 11.5 Å². The van der Waals surface area contributed by atoms with Crippen LogP contribution in [0, 0.1) is 0 Å². The lowest BCUT2D eigenvalue weighted by Gasteiger charge is -2.12. The number of ether oxygens (including phenoxy) is 2. The maximum Gasteiger partial charge on any atom is 0.276 e. The number of amides is 2. The molecule has 2 amide bonds. The van der Waals surface area contributed by atoms with Gasteiger partial charge in [-0.15, -0.1) is 0 Å². The van der Waals surface area contributed by atoms with Crippen molar-refractivity contribution >= 4 is 11.8 Å². The van der Waals surface area contributed by atoms with Crippen molar-refractivity contribution in [1.82, 2.24) is 10.9 Å². The van der Waals surface area contributed by atoms with E-state index in [1.54, 1.807) is 24.3 Å². The highest BCUT2D eigenvalue weighted by atomic mass is 16.5. The highest BCUT2D eigenvalue weighted by Gasteiger charge is 2.10. The molecule has 30 heavy (non-hydrogen) atoms. The van der Waals surface area contributed by atoms with Crippen LogP contribution in [-0.2, 0) is 11.2 Å². The van der Waals surface area contributed by atoms with Gasteiger partial charge in [0, 0.05) is 12.0 Å². The minimum atomic E-state index is -0.455. The summed E-state index contributed by atoms with van der Waals surface area (Å²) >= 11 is 0. The maximum atomic E-state index is 12.1. The first-order valence-electron chi connectivity index (χ1n) is 9.72. The number of carbonyl (C=O) groups excluding carboxylic acids is 2. The smallest absolute Gasteiger partial charge is 0.276 e. The second kappa shape index (κ2) is 10.7. The summed E-state index contributed by atoms with van der Waals surface area (Å²) in [5.41, 5.74) is 7.29. The topological polar surface area (TPSA) is 76.7 Å². The molecule has 6 heteroatoms. The van der Waals surface area contributed by atoms with Crippen LogP contribution < -0.4 is 20.3 Å². The zero-order chi connectivity index (χ0) is 21.2. The predicted molar refractivity (Wildman–Crippen MR) is 114 cm³/mol. The maximum absolute atomic E-state index is 12.1. The van der Waals surface area contributed by atoms with Crippen LogP contribution in [0.2, 0.25) is 0 Å². The van der Waals surface area contributed by atoms with Gasteiger partial charge in [0.2, 0.25) is 0 Å². The van der Waals surface area contributed by atoms with E-state index in [0.29, 0.717) is 30.1 Å². The van der Waals surface area contributed by atoms with Gasteiger partial charge >= 0.3 is 0 Å². The van der Waals surface area contributed by atoms with Crippen LogP contribution >= 0.6 is 0 Å². The normalized spacial score (nSPS) is 10.2. The lowest BCUT2D eigenvalue weighted by Crippen LogP contribution is -2.43.